The standard InChI is InChI=1S/C37H38ClN3O5S2/c38-30-13-16-32-33(18-22-46-31-14-11-29(12-15-31)37(42)43)34(17-19-39-48(44,45)24-21-40-20-23-47-26-40)41(35(32)25-30)36(27-7-3-1-4-8-27)28-9-5-2-6-10-28/h1-16,25,36,39H,17-24,26H2,(H,42,43). The summed E-state index contributed by atoms with van der Waals surface area (Å²) in [7, 11) is -3.49. The van der Waals surface area contributed by atoms with E-state index in [-0.39, 0.29) is 23.9 Å². The Kier molecular flexibility index (Phi) is 11.1. The van der Waals surface area contributed by atoms with Gasteiger partial charge in [0.1, 0.15) is 5.75 Å². The predicted molar refractivity (Wildman–Crippen MR) is 194 cm³/mol. The molecule has 0 unspecified atom stereocenters. The third-order valence-electron chi connectivity index (χ3n) is 8.58. The molecule has 48 heavy (non-hydrogen) atoms. The molecule has 2 heterocycles. The summed E-state index contributed by atoms with van der Waals surface area (Å²) in [6.07, 6.45) is 0.987. The number of sulfonamides is 1. The van der Waals surface area contributed by atoms with Gasteiger partial charge in [0.25, 0.3) is 0 Å². The second-order valence-electron chi connectivity index (χ2n) is 11.7. The molecule has 1 aromatic heterocycles. The summed E-state index contributed by atoms with van der Waals surface area (Å²) in [6, 6.07) is 32.6. The third-order valence-corrected chi connectivity index (χ3v) is 11.2. The van der Waals surface area contributed by atoms with Crippen LogP contribution in [-0.2, 0) is 22.9 Å². The number of carboxylic acids is 1. The van der Waals surface area contributed by atoms with Crippen molar-refractivity contribution in [3.63, 3.8) is 0 Å². The SMILES string of the molecule is O=C(O)c1ccc(OCCc2c(CCNS(=O)(=O)CCN3CCSC3)n(C(c3ccccc3)c3ccccc3)c3cc(Cl)ccc23)cc1. The Bertz CT molecular complexity index is 1910. The number of ether oxygens (including phenoxy) is 1. The van der Waals surface area contributed by atoms with E-state index in [1.165, 1.54) is 12.1 Å². The van der Waals surface area contributed by atoms with E-state index in [1.54, 1.807) is 12.1 Å². The summed E-state index contributed by atoms with van der Waals surface area (Å²) in [5.74, 6) is 1.54. The molecule has 1 fully saturated rings. The third kappa shape index (κ3) is 8.25. The number of benzene rings is 4. The molecule has 4 aromatic carbocycles. The molecule has 250 valence electrons. The zero-order valence-electron chi connectivity index (χ0n) is 26.4. The minimum Gasteiger partial charge on any atom is -0.493 e. The van der Waals surface area contributed by atoms with Gasteiger partial charge in [-0.2, -0.15) is 0 Å². The number of nitrogens with zero attached hydrogens (tertiary/aromatic N) is 2. The minimum atomic E-state index is -3.49. The molecule has 0 aliphatic carbocycles. The highest BCUT2D eigenvalue weighted by Gasteiger charge is 2.26. The van der Waals surface area contributed by atoms with Crippen LogP contribution in [-0.4, -0.2) is 72.6 Å². The summed E-state index contributed by atoms with van der Waals surface area (Å²) in [5.41, 5.74) is 5.37. The number of hydrogen-bond donors (Lipinski definition) is 2. The Labute approximate surface area is 290 Å². The number of aromatic nitrogens is 1. The minimum absolute atomic E-state index is 0.0597. The fraction of sp³-hybridized carbons (Fsp3) is 0.270. The van der Waals surface area contributed by atoms with Crippen molar-refractivity contribution in [1.29, 1.82) is 0 Å². The molecular weight excluding hydrogens is 666 g/mol. The first-order chi connectivity index (χ1) is 23.3. The smallest absolute Gasteiger partial charge is 0.335 e. The molecule has 1 aliphatic rings. The number of thioether (sulfide) groups is 1. The molecule has 6 rings (SSSR count). The predicted octanol–water partition coefficient (Wildman–Crippen LogP) is 6.72. The van der Waals surface area contributed by atoms with E-state index >= 15 is 0 Å². The van der Waals surface area contributed by atoms with Crippen LogP contribution < -0.4 is 9.46 Å². The quantitative estimate of drug-likeness (QED) is 0.125. The lowest BCUT2D eigenvalue weighted by atomic mass is 9.97. The lowest BCUT2D eigenvalue weighted by molar-refractivity contribution is 0.0697. The van der Waals surface area contributed by atoms with E-state index in [4.69, 9.17) is 16.3 Å². The Balaban J connectivity index is 1.37. The number of aromatic carboxylic acids is 1. The van der Waals surface area contributed by atoms with Crippen LogP contribution in [0.2, 0.25) is 5.02 Å². The zero-order chi connectivity index (χ0) is 33.5. The fourth-order valence-electron chi connectivity index (χ4n) is 6.25. The maximum Gasteiger partial charge on any atom is 0.335 e. The number of nitrogens with one attached hydrogen (secondary N) is 1. The highest BCUT2D eigenvalue weighted by molar-refractivity contribution is 7.99. The van der Waals surface area contributed by atoms with Crippen LogP contribution in [0, 0.1) is 0 Å². The molecule has 5 aromatic rings. The average Bonchev–Trinajstić information content (AvgIpc) is 3.72. The molecule has 0 atom stereocenters. The van der Waals surface area contributed by atoms with Gasteiger partial charge >= 0.3 is 5.97 Å². The van der Waals surface area contributed by atoms with Crippen molar-refractivity contribution in [3.8, 4) is 5.75 Å². The van der Waals surface area contributed by atoms with Crippen molar-refractivity contribution in [3.05, 3.63) is 136 Å². The Morgan fingerprint density at radius 2 is 1.62 bits per heavy atom. The fourth-order valence-corrected chi connectivity index (χ4v) is 8.51. The Hall–Kier alpha value is -3.80. The number of carbonyl (C=O) groups is 1. The molecular formula is C37H38ClN3O5S2. The molecule has 0 amide bonds. The molecule has 8 nitrogen and oxygen atoms in total. The van der Waals surface area contributed by atoms with Crippen molar-refractivity contribution < 1.29 is 23.1 Å². The largest absolute Gasteiger partial charge is 0.493 e. The summed E-state index contributed by atoms with van der Waals surface area (Å²) >= 11 is 8.47. The Morgan fingerprint density at radius 1 is 0.938 bits per heavy atom. The number of rotatable bonds is 15. The van der Waals surface area contributed by atoms with Gasteiger partial charge in [0.15, 0.2) is 0 Å². The van der Waals surface area contributed by atoms with E-state index in [1.807, 2.05) is 66.4 Å². The summed E-state index contributed by atoms with van der Waals surface area (Å²) in [6.45, 7) is 2.00. The van der Waals surface area contributed by atoms with Gasteiger partial charge in [0.05, 0.1) is 29.5 Å². The van der Waals surface area contributed by atoms with Crippen LogP contribution in [0.4, 0.5) is 0 Å². The van der Waals surface area contributed by atoms with Gasteiger partial charge in [-0.25, -0.2) is 17.9 Å². The first-order valence-corrected chi connectivity index (χ1v) is 19.1. The molecule has 11 heteroatoms. The molecule has 0 spiro atoms. The van der Waals surface area contributed by atoms with E-state index in [9.17, 15) is 18.3 Å². The van der Waals surface area contributed by atoms with Crippen molar-refractivity contribution in [2.24, 2.45) is 0 Å². The summed E-state index contributed by atoms with van der Waals surface area (Å²) < 4.78 is 37.5. The van der Waals surface area contributed by atoms with E-state index in [0.717, 1.165) is 51.5 Å². The van der Waals surface area contributed by atoms with Gasteiger partial charge < -0.3 is 14.4 Å². The van der Waals surface area contributed by atoms with Crippen LogP contribution in [0.1, 0.15) is 38.8 Å². The van der Waals surface area contributed by atoms with Crippen LogP contribution >= 0.6 is 23.4 Å². The molecule has 0 bridgehead atoms. The van der Waals surface area contributed by atoms with Gasteiger partial charge in [-0.3, -0.25) is 4.90 Å². The maximum absolute atomic E-state index is 13.1. The number of hydrogen-bond acceptors (Lipinski definition) is 6. The monoisotopic (exact) mass is 703 g/mol. The van der Waals surface area contributed by atoms with Crippen molar-refractivity contribution in [2.45, 2.75) is 18.9 Å². The average molecular weight is 704 g/mol. The first kappa shape index (κ1) is 34.1. The highest BCUT2D eigenvalue weighted by Crippen LogP contribution is 2.38. The van der Waals surface area contributed by atoms with Crippen molar-refractivity contribution in [1.82, 2.24) is 14.2 Å². The maximum atomic E-state index is 13.1. The molecule has 1 saturated heterocycles. The molecule has 2 N–H and O–H groups in total. The van der Waals surface area contributed by atoms with Crippen LogP contribution in [0.25, 0.3) is 10.9 Å². The van der Waals surface area contributed by atoms with Crippen LogP contribution in [0.5, 0.6) is 5.75 Å². The van der Waals surface area contributed by atoms with Crippen molar-refractivity contribution in [2.75, 3.05) is 43.6 Å². The van der Waals surface area contributed by atoms with Gasteiger partial charge in [-0.15, -0.1) is 11.8 Å². The number of fused-ring (bicyclic) bond motifs is 1. The summed E-state index contributed by atoms with van der Waals surface area (Å²) in [4.78, 5) is 13.5. The van der Waals surface area contributed by atoms with E-state index in [0.29, 0.717) is 36.8 Å². The van der Waals surface area contributed by atoms with Crippen molar-refractivity contribution >= 4 is 50.3 Å². The lowest BCUT2D eigenvalue weighted by Crippen LogP contribution is -2.34. The molecule has 1 aliphatic heterocycles. The van der Waals surface area contributed by atoms with Gasteiger partial charge in [-0.1, -0.05) is 78.3 Å². The van der Waals surface area contributed by atoms with Gasteiger partial charge in [-0.05, 0) is 53.1 Å². The second kappa shape index (κ2) is 15.6. The van der Waals surface area contributed by atoms with Crippen LogP contribution in [0.3, 0.4) is 0 Å². The van der Waals surface area contributed by atoms with Gasteiger partial charge in [0, 0.05) is 60.2 Å². The molecule has 0 radical (unpaired) electrons. The first-order valence-electron chi connectivity index (χ1n) is 15.9. The Morgan fingerprint density at radius 3 is 2.25 bits per heavy atom. The molecule has 0 saturated carbocycles. The normalized spacial score (nSPS) is 13.8. The highest BCUT2D eigenvalue weighted by atomic mass is 35.5. The lowest BCUT2D eigenvalue weighted by Gasteiger charge is -2.25. The van der Waals surface area contributed by atoms with Gasteiger partial charge in [0.2, 0.25) is 10.0 Å². The number of carboxylic acid groups (broad SMARTS) is 1. The number of halogens is 1. The topological polar surface area (TPSA) is 101 Å². The van der Waals surface area contributed by atoms with Crippen LogP contribution in [0.15, 0.2) is 103 Å². The zero-order valence-corrected chi connectivity index (χ0v) is 28.8. The second-order valence-corrected chi connectivity index (χ2v) is 15.2. The van der Waals surface area contributed by atoms with E-state index in [2.05, 4.69) is 38.5 Å². The summed E-state index contributed by atoms with van der Waals surface area (Å²) in [5, 5.41) is 10.9. The van der Waals surface area contributed by atoms with E-state index < -0.39 is 16.0 Å².